The molecule has 0 saturated heterocycles. The second kappa shape index (κ2) is 8.59. The van der Waals surface area contributed by atoms with Gasteiger partial charge in [-0.2, -0.15) is 5.12 Å². The molecule has 0 bridgehead atoms. The van der Waals surface area contributed by atoms with Crippen molar-refractivity contribution in [3.8, 4) is 0 Å². The second-order valence-corrected chi connectivity index (χ2v) is 11.5. The minimum absolute atomic E-state index is 0.195. The van der Waals surface area contributed by atoms with E-state index in [1.807, 2.05) is 18.2 Å². The van der Waals surface area contributed by atoms with E-state index in [2.05, 4.69) is 136 Å². The maximum atomic E-state index is 15.2. The van der Waals surface area contributed by atoms with Crippen LogP contribution < -0.4 is 5.12 Å². The molecular weight excluding hydrogens is 541 g/mol. The van der Waals surface area contributed by atoms with Gasteiger partial charge in [0.1, 0.15) is 5.82 Å². The molecule has 8 aromatic carbocycles. The van der Waals surface area contributed by atoms with E-state index in [1.54, 1.807) is 6.07 Å². The summed E-state index contributed by atoms with van der Waals surface area (Å²) in [6.45, 7) is 0. The molecule has 0 aliphatic carbocycles. The van der Waals surface area contributed by atoms with Crippen molar-refractivity contribution >= 4 is 81.6 Å². The third-order valence-electron chi connectivity index (χ3n) is 9.29. The van der Waals surface area contributed by atoms with Crippen molar-refractivity contribution in [2.75, 3.05) is 5.12 Å². The van der Waals surface area contributed by atoms with Gasteiger partial charge in [-0.1, -0.05) is 109 Å². The van der Waals surface area contributed by atoms with Gasteiger partial charge in [-0.05, 0) is 52.6 Å². The van der Waals surface area contributed by atoms with E-state index >= 15 is 4.39 Å². The molecule has 0 unspecified atom stereocenters. The van der Waals surface area contributed by atoms with Crippen LogP contribution in [0.15, 0.2) is 146 Å². The molecule has 2 heterocycles. The molecule has 0 aliphatic rings. The molecule has 206 valence electrons. The number of aromatic nitrogens is 2. The first-order chi connectivity index (χ1) is 21.8. The summed E-state index contributed by atoms with van der Waals surface area (Å²) >= 11 is 0. The fraction of sp³-hybridized carbons (Fsp3) is 0. The molecule has 4 heteroatoms. The average molecular weight is 566 g/mol. The first-order valence-electron chi connectivity index (χ1n) is 14.9. The standard InChI is InChI=1S/C40H24FN3/c41-33-23-19-25-18-22-32-38(24-20-26-17-21-31(33)39(25)40(26)32)44(42-34-13-5-1-9-27(34)28-10-2-6-14-35(28)42)43-36-15-7-3-11-29(36)30-12-4-8-16-37(30)43/h1-24H. The van der Waals surface area contributed by atoms with Crippen LogP contribution in [0.4, 0.5) is 10.1 Å². The predicted molar refractivity (Wildman–Crippen MR) is 182 cm³/mol. The fourth-order valence-electron chi connectivity index (χ4n) is 7.44. The van der Waals surface area contributed by atoms with Crippen molar-refractivity contribution in [2.45, 2.75) is 0 Å². The lowest BCUT2D eigenvalue weighted by molar-refractivity contribution is 0.640. The van der Waals surface area contributed by atoms with Gasteiger partial charge < -0.3 is 0 Å². The van der Waals surface area contributed by atoms with Crippen LogP contribution in [0, 0.1) is 5.82 Å². The van der Waals surface area contributed by atoms with Crippen LogP contribution in [0.1, 0.15) is 0 Å². The summed E-state index contributed by atoms with van der Waals surface area (Å²) in [5.41, 5.74) is 5.42. The Bertz CT molecular complexity index is 2530. The number of halogens is 1. The number of para-hydroxylation sites is 4. The molecule has 0 N–H and O–H groups in total. The summed E-state index contributed by atoms with van der Waals surface area (Å²) in [5.74, 6) is -0.195. The van der Waals surface area contributed by atoms with Gasteiger partial charge in [0, 0.05) is 37.7 Å². The molecule has 0 saturated carbocycles. The molecular formula is C40H24FN3. The van der Waals surface area contributed by atoms with E-state index in [0.29, 0.717) is 5.39 Å². The van der Waals surface area contributed by atoms with Gasteiger partial charge in [-0.15, -0.1) is 0 Å². The first kappa shape index (κ1) is 23.7. The van der Waals surface area contributed by atoms with Crippen molar-refractivity contribution in [1.29, 1.82) is 0 Å². The molecule has 0 aliphatic heterocycles. The quantitative estimate of drug-likeness (QED) is 0.194. The zero-order valence-electron chi connectivity index (χ0n) is 23.6. The summed E-state index contributed by atoms with van der Waals surface area (Å²) < 4.78 is 19.9. The molecule has 2 aromatic heterocycles. The van der Waals surface area contributed by atoms with Crippen molar-refractivity contribution in [3.05, 3.63) is 151 Å². The zero-order chi connectivity index (χ0) is 28.9. The lowest BCUT2D eigenvalue weighted by Crippen LogP contribution is -2.34. The van der Waals surface area contributed by atoms with Crippen molar-refractivity contribution in [1.82, 2.24) is 9.35 Å². The summed E-state index contributed by atoms with van der Waals surface area (Å²) in [7, 11) is 0. The number of hydrogen-bond acceptors (Lipinski definition) is 1. The molecule has 0 amide bonds. The van der Waals surface area contributed by atoms with E-state index in [9.17, 15) is 0 Å². The van der Waals surface area contributed by atoms with Gasteiger partial charge in [0.2, 0.25) is 0 Å². The minimum atomic E-state index is -0.195. The number of hydrogen-bond donors (Lipinski definition) is 0. The fourth-order valence-corrected chi connectivity index (χ4v) is 7.44. The van der Waals surface area contributed by atoms with Crippen molar-refractivity contribution < 1.29 is 4.39 Å². The second-order valence-electron chi connectivity index (χ2n) is 11.5. The number of nitrogens with zero attached hydrogens (tertiary/aromatic N) is 3. The lowest BCUT2D eigenvalue weighted by Gasteiger charge is -2.32. The lowest BCUT2D eigenvalue weighted by atomic mass is 9.93. The average Bonchev–Trinajstić information content (AvgIpc) is 3.59. The Kier molecular flexibility index (Phi) is 4.62. The Morgan fingerprint density at radius 3 is 1.25 bits per heavy atom. The zero-order valence-corrected chi connectivity index (χ0v) is 23.6. The van der Waals surface area contributed by atoms with Gasteiger partial charge in [0.15, 0.2) is 0 Å². The van der Waals surface area contributed by atoms with Crippen LogP contribution in [-0.4, -0.2) is 9.35 Å². The summed E-state index contributed by atoms with van der Waals surface area (Å²) in [4.78, 5) is 0. The Balaban J connectivity index is 1.44. The highest BCUT2D eigenvalue weighted by Crippen LogP contribution is 2.43. The minimum Gasteiger partial charge on any atom is -0.233 e. The highest BCUT2D eigenvalue weighted by molar-refractivity contribution is 6.25. The van der Waals surface area contributed by atoms with Crippen LogP contribution in [-0.2, 0) is 0 Å². The smallest absolute Gasteiger partial charge is 0.131 e. The highest BCUT2D eigenvalue weighted by atomic mass is 19.1. The summed E-state index contributed by atoms with van der Waals surface area (Å²) in [6, 6.07) is 50.6. The number of anilines is 1. The molecule has 0 fully saturated rings. The van der Waals surface area contributed by atoms with E-state index in [1.165, 1.54) is 21.5 Å². The Morgan fingerprint density at radius 1 is 0.364 bits per heavy atom. The third-order valence-corrected chi connectivity index (χ3v) is 9.29. The largest absolute Gasteiger partial charge is 0.233 e. The van der Waals surface area contributed by atoms with E-state index in [-0.39, 0.29) is 5.82 Å². The molecule has 10 aromatic rings. The van der Waals surface area contributed by atoms with Crippen molar-refractivity contribution in [2.24, 2.45) is 0 Å². The predicted octanol–water partition coefficient (Wildman–Crippen LogP) is 10.7. The van der Waals surface area contributed by atoms with Gasteiger partial charge in [-0.3, -0.25) is 0 Å². The van der Waals surface area contributed by atoms with E-state index in [4.69, 9.17) is 0 Å². The van der Waals surface area contributed by atoms with Crippen LogP contribution in [0.5, 0.6) is 0 Å². The molecule has 44 heavy (non-hydrogen) atoms. The van der Waals surface area contributed by atoms with Gasteiger partial charge >= 0.3 is 0 Å². The van der Waals surface area contributed by atoms with Gasteiger partial charge in [0.25, 0.3) is 0 Å². The Hall–Kier alpha value is -5.87. The molecule has 0 atom stereocenters. The normalized spacial score (nSPS) is 12.2. The van der Waals surface area contributed by atoms with Gasteiger partial charge in [0.05, 0.1) is 27.8 Å². The highest BCUT2D eigenvalue weighted by Gasteiger charge is 2.25. The van der Waals surface area contributed by atoms with E-state index < -0.39 is 0 Å². The topological polar surface area (TPSA) is 13.1 Å². The van der Waals surface area contributed by atoms with Crippen LogP contribution in [0.3, 0.4) is 0 Å². The maximum Gasteiger partial charge on any atom is 0.131 e. The SMILES string of the molecule is Fc1ccc2ccc3c(N(n4c5ccccc5c5ccccc54)n4c5ccccc5c5ccccc54)ccc4ccc1c2c43. The summed E-state index contributed by atoms with van der Waals surface area (Å²) in [5, 5.41) is 13.0. The Morgan fingerprint density at radius 2 is 0.750 bits per heavy atom. The number of benzene rings is 8. The number of rotatable bonds is 3. The molecule has 10 rings (SSSR count). The third kappa shape index (κ3) is 2.99. The molecule has 0 spiro atoms. The monoisotopic (exact) mass is 565 g/mol. The van der Waals surface area contributed by atoms with Crippen LogP contribution in [0.2, 0.25) is 0 Å². The van der Waals surface area contributed by atoms with Gasteiger partial charge in [-0.25, -0.2) is 13.7 Å². The molecule has 3 nitrogen and oxygen atoms in total. The van der Waals surface area contributed by atoms with E-state index in [0.717, 1.165) is 54.7 Å². The van der Waals surface area contributed by atoms with Crippen LogP contribution >= 0.6 is 0 Å². The van der Waals surface area contributed by atoms with Crippen LogP contribution in [0.25, 0.3) is 75.9 Å². The molecule has 0 radical (unpaired) electrons. The first-order valence-corrected chi connectivity index (χ1v) is 14.9. The summed E-state index contributed by atoms with van der Waals surface area (Å²) in [6.07, 6.45) is 0. The van der Waals surface area contributed by atoms with Crippen molar-refractivity contribution in [3.63, 3.8) is 0 Å². The Labute approximate surface area is 251 Å². The number of fused-ring (bicyclic) bond motifs is 6. The maximum absolute atomic E-state index is 15.2.